The topological polar surface area (TPSA) is 35.5 Å². The average Bonchev–Trinajstić information content (AvgIpc) is 2.70. The van der Waals surface area contributed by atoms with Gasteiger partial charge in [-0.3, -0.25) is 0 Å². The third-order valence-electron chi connectivity index (χ3n) is 5.05. The summed E-state index contributed by atoms with van der Waals surface area (Å²) in [4.78, 5) is 11.1. The quantitative estimate of drug-likeness (QED) is 0.220. The van der Waals surface area contributed by atoms with Crippen molar-refractivity contribution in [3.63, 3.8) is 0 Å². The lowest BCUT2D eigenvalue weighted by Gasteiger charge is -2.07. The lowest BCUT2D eigenvalue weighted by molar-refractivity contribution is -0.142. The van der Waals surface area contributed by atoms with E-state index in [1.807, 2.05) is 18.2 Å². The van der Waals surface area contributed by atoms with Gasteiger partial charge in [0.2, 0.25) is 0 Å². The van der Waals surface area contributed by atoms with Gasteiger partial charge >= 0.3 is 5.97 Å². The molecule has 0 aromatic heterocycles. The molecule has 154 valence electrons. The molecule has 0 fully saturated rings. The Morgan fingerprint density at radius 3 is 1.93 bits per heavy atom. The molecule has 0 amide bonds. The molecule has 0 atom stereocenters. The molecule has 1 aromatic carbocycles. The number of methoxy groups -OCH3 is 1. The molecule has 3 nitrogen and oxygen atoms in total. The van der Waals surface area contributed by atoms with Crippen molar-refractivity contribution in [1.29, 1.82) is 0 Å². The van der Waals surface area contributed by atoms with Crippen LogP contribution in [-0.4, -0.2) is 19.7 Å². The summed E-state index contributed by atoms with van der Waals surface area (Å²) in [5.41, 5.74) is 1.28. The number of unbranched alkanes of at least 4 members (excludes halogenated alkanes) is 12. The van der Waals surface area contributed by atoms with Crippen LogP contribution in [0.2, 0.25) is 0 Å². The van der Waals surface area contributed by atoms with E-state index in [1.54, 1.807) is 0 Å². The molecule has 1 rings (SSSR count). The fraction of sp³-hybridized carbons (Fsp3) is 0.708. The molecule has 0 aliphatic heterocycles. The van der Waals surface area contributed by atoms with E-state index in [1.165, 1.54) is 96.1 Å². The van der Waals surface area contributed by atoms with Crippen LogP contribution in [0.1, 0.15) is 96.0 Å². The SMILES string of the molecule is CCCCCCCCCCCCCCCc1cccc(OCC(=O)OC)c1. The third-order valence-corrected chi connectivity index (χ3v) is 5.05. The van der Waals surface area contributed by atoms with Gasteiger partial charge in [0.15, 0.2) is 6.61 Å². The van der Waals surface area contributed by atoms with E-state index in [0.29, 0.717) is 0 Å². The van der Waals surface area contributed by atoms with Gasteiger partial charge in [0, 0.05) is 0 Å². The maximum Gasteiger partial charge on any atom is 0.343 e. The summed E-state index contributed by atoms with van der Waals surface area (Å²) in [5, 5.41) is 0. The van der Waals surface area contributed by atoms with E-state index in [2.05, 4.69) is 17.7 Å². The van der Waals surface area contributed by atoms with Crippen molar-refractivity contribution in [3.05, 3.63) is 29.8 Å². The minimum absolute atomic E-state index is 0.0291. The van der Waals surface area contributed by atoms with Crippen molar-refractivity contribution < 1.29 is 14.3 Å². The molecule has 0 heterocycles. The van der Waals surface area contributed by atoms with E-state index in [4.69, 9.17) is 4.74 Å². The van der Waals surface area contributed by atoms with Crippen LogP contribution >= 0.6 is 0 Å². The lowest BCUT2D eigenvalue weighted by Crippen LogP contribution is -2.12. The van der Waals surface area contributed by atoms with Crippen LogP contribution in [0.3, 0.4) is 0 Å². The number of rotatable bonds is 17. The largest absolute Gasteiger partial charge is 0.482 e. The van der Waals surface area contributed by atoms with Crippen LogP contribution < -0.4 is 4.74 Å². The molecule has 27 heavy (non-hydrogen) atoms. The highest BCUT2D eigenvalue weighted by molar-refractivity contribution is 5.70. The number of hydrogen-bond acceptors (Lipinski definition) is 3. The molecule has 1 aromatic rings. The van der Waals surface area contributed by atoms with Gasteiger partial charge in [-0.15, -0.1) is 0 Å². The summed E-state index contributed by atoms with van der Waals surface area (Å²) in [6, 6.07) is 8.04. The Balaban J connectivity index is 1.97. The Kier molecular flexibility index (Phi) is 14.5. The molecule has 3 heteroatoms. The number of benzene rings is 1. The van der Waals surface area contributed by atoms with Gasteiger partial charge in [0.25, 0.3) is 0 Å². The van der Waals surface area contributed by atoms with Gasteiger partial charge in [0.05, 0.1) is 7.11 Å². The summed E-state index contributed by atoms with van der Waals surface area (Å²) in [6.45, 7) is 2.25. The zero-order chi connectivity index (χ0) is 19.6. The highest BCUT2D eigenvalue weighted by Gasteiger charge is 2.02. The predicted octanol–water partition coefficient (Wildman–Crippen LogP) is 6.87. The zero-order valence-corrected chi connectivity index (χ0v) is 17.6. The molecular formula is C24H40O3. The smallest absolute Gasteiger partial charge is 0.343 e. The third kappa shape index (κ3) is 13.3. The van der Waals surface area contributed by atoms with Crippen LogP contribution in [0.5, 0.6) is 5.75 Å². The Morgan fingerprint density at radius 2 is 1.37 bits per heavy atom. The number of aryl methyl sites for hydroxylation is 1. The van der Waals surface area contributed by atoms with Gasteiger partial charge in [-0.25, -0.2) is 4.79 Å². The second-order valence-electron chi connectivity index (χ2n) is 7.50. The highest BCUT2D eigenvalue weighted by Crippen LogP contribution is 2.17. The second-order valence-corrected chi connectivity index (χ2v) is 7.50. The van der Waals surface area contributed by atoms with Gasteiger partial charge in [-0.05, 0) is 30.5 Å². The van der Waals surface area contributed by atoms with Crippen molar-refractivity contribution in [3.8, 4) is 5.75 Å². The standard InChI is InChI=1S/C24H40O3/c1-3-4-5-6-7-8-9-10-11-12-13-14-15-17-22-18-16-19-23(20-22)27-21-24(25)26-2/h16,18-20H,3-15,17,21H2,1-2H3. The minimum atomic E-state index is -0.350. The molecule has 0 unspecified atom stereocenters. The fourth-order valence-corrected chi connectivity index (χ4v) is 3.34. The monoisotopic (exact) mass is 376 g/mol. The van der Waals surface area contributed by atoms with Gasteiger partial charge in [-0.1, -0.05) is 96.1 Å². The lowest BCUT2D eigenvalue weighted by atomic mass is 10.0. The van der Waals surface area contributed by atoms with Gasteiger partial charge in [0.1, 0.15) is 5.75 Å². The Labute approximate surface area is 166 Å². The van der Waals surface area contributed by atoms with Crippen molar-refractivity contribution in [2.45, 2.75) is 96.8 Å². The summed E-state index contributed by atoms with van der Waals surface area (Å²) in [6.07, 6.45) is 19.0. The van der Waals surface area contributed by atoms with Crippen molar-refractivity contribution in [2.24, 2.45) is 0 Å². The summed E-state index contributed by atoms with van der Waals surface area (Å²) in [7, 11) is 1.37. The number of esters is 1. The average molecular weight is 377 g/mol. The van der Waals surface area contributed by atoms with Crippen LogP contribution in [0.4, 0.5) is 0 Å². The minimum Gasteiger partial charge on any atom is -0.482 e. The number of carbonyl (C=O) groups is 1. The molecule has 0 bridgehead atoms. The number of hydrogen-bond donors (Lipinski definition) is 0. The first kappa shape index (κ1) is 23.5. The maximum atomic E-state index is 11.1. The van der Waals surface area contributed by atoms with Crippen LogP contribution in [-0.2, 0) is 16.0 Å². The number of ether oxygens (including phenoxy) is 2. The summed E-state index contributed by atoms with van der Waals surface area (Å²) in [5.74, 6) is 0.393. The molecule has 0 spiro atoms. The summed E-state index contributed by atoms with van der Waals surface area (Å²) < 4.78 is 10.0. The van der Waals surface area contributed by atoms with E-state index < -0.39 is 0 Å². The molecule has 0 aliphatic rings. The normalized spacial score (nSPS) is 10.7. The molecular weight excluding hydrogens is 336 g/mol. The first-order chi connectivity index (χ1) is 13.3. The van der Waals surface area contributed by atoms with E-state index in [0.717, 1.165) is 12.2 Å². The fourth-order valence-electron chi connectivity index (χ4n) is 3.34. The highest BCUT2D eigenvalue weighted by atomic mass is 16.6. The van der Waals surface area contributed by atoms with Crippen molar-refractivity contribution in [1.82, 2.24) is 0 Å². The Bertz CT molecular complexity index is 484. The van der Waals surface area contributed by atoms with Gasteiger partial charge in [-0.2, -0.15) is 0 Å². The molecule has 0 N–H and O–H groups in total. The Morgan fingerprint density at radius 1 is 0.815 bits per heavy atom. The predicted molar refractivity (Wildman–Crippen MR) is 113 cm³/mol. The molecule has 0 aliphatic carbocycles. The van der Waals surface area contributed by atoms with E-state index in [9.17, 15) is 4.79 Å². The van der Waals surface area contributed by atoms with Crippen molar-refractivity contribution >= 4 is 5.97 Å². The van der Waals surface area contributed by atoms with E-state index >= 15 is 0 Å². The number of carbonyl (C=O) groups excluding carboxylic acids is 1. The first-order valence-corrected chi connectivity index (χ1v) is 11.0. The van der Waals surface area contributed by atoms with Crippen LogP contribution in [0, 0.1) is 0 Å². The molecule has 0 saturated carbocycles. The molecule has 0 radical (unpaired) electrons. The van der Waals surface area contributed by atoms with E-state index in [-0.39, 0.29) is 12.6 Å². The Hall–Kier alpha value is -1.51. The maximum absolute atomic E-state index is 11.1. The summed E-state index contributed by atoms with van der Waals surface area (Å²) >= 11 is 0. The van der Waals surface area contributed by atoms with Crippen molar-refractivity contribution in [2.75, 3.05) is 13.7 Å². The van der Waals surface area contributed by atoms with Crippen LogP contribution in [0.25, 0.3) is 0 Å². The zero-order valence-electron chi connectivity index (χ0n) is 17.6. The van der Waals surface area contributed by atoms with Crippen LogP contribution in [0.15, 0.2) is 24.3 Å². The molecule has 0 saturated heterocycles. The first-order valence-electron chi connectivity index (χ1n) is 11.0. The second kappa shape index (κ2) is 16.6. The van der Waals surface area contributed by atoms with Gasteiger partial charge < -0.3 is 9.47 Å².